The van der Waals surface area contributed by atoms with E-state index in [2.05, 4.69) is 45.2 Å². The topological polar surface area (TPSA) is 49.3 Å². The quantitative estimate of drug-likeness (QED) is 0.830. The molecule has 0 radical (unpaired) electrons. The molecule has 1 saturated heterocycles. The first kappa shape index (κ1) is 18.5. The largest absolute Gasteiger partial charge is 0.341 e. The van der Waals surface area contributed by atoms with Crippen molar-refractivity contribution < 1.29 is 4.79 Å². The van der Waals surface area contributed by atoms with E-state index in [1.807, 2.05) is 25.8 Å². The van der Waals surface area contributed by atoms with Crippen LogP contribution in [-0.4, -0.2) is 52.4 Å². The normalized spacial score (nSPS) is 15.8. The minimum Gasteiger partial charge on any atom is -0.341 e. The van der Waals surface area contributed by atoms with Crippen LogP contribution < -0.4 is 0 Å². The molecule has 1 amide bonds. The Bertz CT molecular complexity index is 739. The summed E-state index contributed by atoms with van der Waals surface area (Å²) in [5.74, 6) is 1.28. The van der Waals surface area contributed by atoms with E-state index in [1.54, 1.807) is 6.20 Å². The van der Waals surface area contributed by atoms with Gasteiger partial charge >= 0.3 is 0 Å². The molecular weight excluding hydrogens is 324 g/mol. The number of hydrogen-bond donors (Lipinski definition) is 0. The van der Waals surface area contributed by atoms with E-state index in [1.165, 1.54) is 5.56 Å². The SMILES string of the molecule is Cc1ncc(C(=O)N(C)CC2CCN(Cc3ccccc3)CC2)c(C)n1. The summed E-state index contributed by atoms with van der Waals surface area (Å²) in [6, 6.07) is 10.6. The van der Waals surface area contributed by atoms with Crippen molar-refractivity contribution in [1.82, 2.24) is 19.8 Å². The summed E-state index contributed by atoms with van der Waals surface area (Å²) >= 11 is 0. The zero-order chi connectivity index (χ0) is 18.5. The van der Waals surface area contributed by atoms with Crippen LogP contribution in [0.3, 0.4) is 0 Å². The number of likely N-dealkylation sites (tertiary alicyclic amines) is 1. The van der Waals surface area contributed by atoms with Crippen molar-refractivity contribution >= 4 is 5.91 Å². The summed E-state index contributed by atoms with van der Waals surface area (Å²) in [5.41, 5.74) is 2.74. The van der Waals surface area contributed by atoms with Crippen molar-refractivity contribution in [3.8, 4) is 0 Å². The first-order valence-electron chi connectivity index (χ1n) is 9.35. The van der Waals surface area contributed by atoms with Crippen LogP contribution in [0.25, 0.3) is 0 Å². The van der Waals surface area contributed by atoms with Gasteiger partial charge in [0.05, 0.1) is 11.3 Å². The van der Waals surface area contributed by atoms with E-state index in [4.69, 9.17) is 0 Å². The number of aryl methyl sites for hydroxylation is 2. The van der Waals surface area contributed by atoms with Crippen molar-refractivity contribution in [2.75, 3.05) is 26.7 Å². The highest BCUT2D eigenvalue weighted by Crippen LogP contribution is 2.20. The summed E-state index contributed by atoms with van der Waals surface area (Å²) in [6.07, 6.45) is 3.92. The Morgan fingerprint density at radius 2 is 1.88 bits per heavy atom. The highest BCUT2D eigenvalue weighted by Gasteiger charge is 2.23. The van der Waals surface area contributed by atoms with E-state index in [0.717, 1.165) is 44.7 Å². The number of benzene rings is 1. The smallest absolute Gasteiger partial charge is 0.257 e. The molecule has 26 heavy (non-hydrogen) atoms. The molecule has 138 valence electrons. The Labute approximate surface area is 156 Å². The highest BCUT2D eigenvalue weighted by molar-refractivity contribution is 5.94. The molecule has 0 atom stereocenters. The van der Waals surface area contributed by atoms with Gasteiger partial charge in [0.25, 0.3) is 5.91 Å². The molecule has 3 rings (SSSR count). The van der Waals surface area contributed by atoms with Crippen LogP contribution in [0.2, 0.25) is 0 Å². The van der Waals surface area contributed by atoms with E-state index in [-0.39, 0.29) is 5.91 Å². The third kappa shape index (κ3) is 4.67. The van der Waals surface area contributed by atoms with Crippen LogP contribution in [-0.2, 0) is 6.54 Å². The third-order valence-electron chi connectivity index (χ3n) is 5.17. The van der Waals surface area contributed by atoms with Crippen LogP contribution in [0.15, 0.2) is 36.5 Å². The fourth-order valence-corrected chi connectivity index (χ4v) is 3.64. The van der Waals surface area contributed by atoms with Gasteiger partial charge in [0.1, 0.15) is 5.82 Å². The maximum absolute atomic E-state index is 12.7. The maximum atomic E-state index is 12.7. The van der Waals surface area contributed by atoms with Gasteiger partial charge in [0.15, 0.2) is 0 Å². The Morgan fingerprint density at radius 1 is 1.19 bits per heavy atom. The lowest BCUT2D eigenvalue weighted by molar-refractivity contribution is 0.0736. The van der Waals surface area contributed by atoms with Crippen molar-refractivity contribution in [1.29, 1.82) is 0 Å². The molecular formula is C21H28N4O. The van der Waals surface area contributed by atoms with Crippen LogP contribution in [0.1, 0.15) is 40.3 Å². The minimum absolute atomic E-state index is 0.0224. The Balaban J connectivity index is 1.50. The van der Waals surface area contributed by atoms with Crippen molar-refractivity contribution in [2.24, 2.45) is 5.92 Å². The number of nitrogens with zero attached hydrogens (tertiary/aromatic N) is 4. The summed E-state index contributed by atoms with van der Waals surface area (Å²) < 4.78 is 0. The summed E-state index contributed by atoms with van der Waals surface area (Å²) in [4.78, 5) is 25.5. The van der Waals surface area contributed by atoms with Gasteiger partial charge in [-0.1, -0.05) is 30.3 Å². The standard InChI is InChI=1S/C21H28N4O/c1-16-20(13-22-17(2)23-16)21(26)24(3)14-19-9-11-25(12-10-19)15-18-7-5-4-6-8-18/h4-8,13,19H,9-12,14-15H2,1-3H3. The molecule has 5 nitrogen and oxygen atoms in total. The molecule has 1 aromatic carbocycles. The number of aromatic nitrogens is 2. The molecule has 1 aliphatic rings. The predicted molar refractivity (Wildman–Crippen MR) is 103 cm³/mol. The number of carbonyl (C=O) groups excluding carboxylic acids is 1. The van der Waals surface area contributed by atoms with Crippen molar-refractivity contribution in [3.05, 3.63) is 59.2 Å². The molecule has 0 spiro atoms. The molecule has 0 aliphatic carbocycles. The van der Waals surface area contributed by atoms with E-state index >= 15 is 0 Å². The zero-order valence-electron chi connectivity index (χ0n) is 16.0. The van der Waals surface area contributed by atoms with Gasteiger partial charge in [0.2, 0.25) is 0 Å². The Kier molecular flexibility index (Phi) is 5.99. The third-order valence-corrected chi connectivity index (χ3v) is 5.17. The molecule has 0 N–H and O–H groups in total. The average molecular weight is 352 g/mol. The van der Waals surface area contributed by atoms with Gasteiger partial charge in [-0.3, -0.25) is 9.69 Å². The number of rotatable bonds is 5. The molecule has 2 aromatic rings. The second-order valence-corrected chi connectivity index (χ2v) is 7.31. The summed E-state index contributed by atoms with van der Waals surface area (Å²) in [6.45, 7) is 7.71. The van der Waals surface area contributed by atoms with E-state index in [9.17, 15) is 4.79 Å². The number of amides is 1. The lowest BCUT2D eigenvalue weighted by Crippen LogP contribution is -2.39. The van der Waals surface area contributed by atoms with Crippen molar-refractivity contribution in [3.63, 3.8) is 0 Å². The number of hydrogen-bond acceptors (Lipinski definition) is 4. The molecule has 0 unspecified atom stereocenters. The van der Waals surface area contributed by atoms with Gasteiger partial charge in [-0.2, -0.15) is 0 Å². The number of piperidine rings is 1. The summed E-state index contributed by atoms with van der Waals surface area (Å²) in [5, 5.41) is 0. The van der Waals surface area contributed by atoms with Crippen LogP contribution in [0.5, 0.6) is 0 Å². The molecule has 2 heterocycles. The van der Waals surface area contributed by atoms with Gasteiger partial charge in [-0.25, -0.2) is 9.97 Å². The van der Waals surface area contributed by atoms with Gasteiger partial charge < -0.3 is 4.90 Å². The lowest BCUT2D eigenvalue weighted by Gasteiger charge is -2.34. The number of carbonyl (C=O) groups is 1. The van der Waals surface area contributed by atoms with Gasteiger partial charge in [-0.05, 0) is 51.3 Å². The zero-order valence-corrected chi connectivity index (χ0v) is 16.0. The molecule has 1 aromatic heterocycles. The molecule has 0 saturated carbocycles. The molecule has 1 fully saturated rings. The van der Waals surface area contributed by atoms with Crippen LogP contribution in [0.4, 0.5) is 0 Å². The average Bonchev–Trinajstić information content (AvgIpc) is 2.64. The molecule has 5 heteroatoms. The maximum Gasteiger partial charge on any atom is 0.257 e. The fraction of sp³-hybridized carbons (Fsp3) is 0.476. The fourth-order valence-electron chi connectivity index (χ4n) is 3.64. The van der Waals surface area contributed by atoms with Gasteiger partial charge in [-0.15, -0.1) is 0 Å². The van der Waals surface area contributed by atoms with Crippen LogP contribution >= 0.6 is 0 Å². The predicted octanol–water partition coefficient (Wildman–Crippen LogP) is 3.08. The molecule has 0 bridgehead atoms. The second-order valence-electron chi connectivity index (χ2n) is 7.31. The lowest BCUT2D eigenvalue weighted by atomic mass is 9.95. The highest BCUT2D eigenvalue weighted by atomic mass is 16.2. The first-order valence-corrected chi connectivity index (χ1v) is 9.35. The second kappa shape index (κ2) is 8.41. The first-order chi connectivity index (χ1) is 12.5. The molecule has 1 aliphatic heterocycles. The van der Waals surface area contributed by atoms with Crippen LogP contribution in [0, 0.1) is 19.8 Å². The van der Waals surface area contributed by atoms with Crippen molar-refractivity contribution in [2.45, 2.75) is 33.2 Å². The Hall–Kier alpha value is -2.27. The summed E-state index contributed by atoms with van der Waals surface area (Å²) in [7, 11) is 1.89. The monoisotopic (exact) mass is 352 g/mol. The van der Waals surface area contributed by atoms with E-state index < -0.39 is 0 Å². The van der Waals surface area contributed by atoms with E-state index in [0.29, 0.717) is 17.3 Å². The minimum atomic E-state index is 0.0224. The van der Waals surface area contributed by atoms with Gasteiger partial charge in [0, 0.05) is 26.3 Å². The Morgan fingerprint density at radius 3 is 2.54 bits per heavy atom.